The van der Waals surface area contributed by atoms with Gasteiger partial charge in [0.05, 0.1) is 10.1 Å². The average Bonchev–Trinajstić information content (AvgIpc) is 2.46. The molecule has 0 saturated carbocycles. The van der Waals surface area contributed by atoms with Crippen molar-refractivity contribution < 1.29 is 8.42 Å². The molecule has 1 aromatic rings. The van der Waals surface area contributed by atoms with Gasteiger partial charge >= 0.3 is 0 Å². The molecule has 0 aliphatic carbocycles. The zero-order valence-electron chi connectivity index (χ0n) is 11.8. The summed E-state index contributed by atoms with van der Waals surface area (Å²) in [6.45, 7) is 13.5. The number of rotatable bonds is 9. The van der Waals surface area contributed by atoms with Gasteiger partial charge < -0.3 is 0 Å². The average molecular weight is 290 g/mol. The Hall–Kier alpha value is -1.35. The summed E-state index contributed by atoms with van der Waals surface area (Å²) >= 11 is 0. The van der Waals surface area contributed by atoms with Crippen molar-refractivity contribution in [1.82, 2.24) is 0 Å². The van der Waals surface area contributed by atoms with Crippen LogP contribution in [0.4, 0.5) is 0 Å². The molecule has 1 rings (SSSR count). The Morgan fingerprint density at radius 2 is 1.90 bits per heavy atom. The zero-order valence-corrected chi connectivity index (χ0v) is 12.6. The molecule has 2 radical (unpaired) electrons. The van der Waals surface area contributed by atoms with E-state index in [9.17, 15) is 8.42 Å². The van der Waals surface area contributed by atoms with Crippen molar-refractivity contribution in [2.45, 2.75) is 42.2 Å². The Morgan fingerprint density at radius 3 is 2.50 bits per heavy atom. The predicted molar refractivity (Wildman–Crippen MR) is 84.1 cm³/mol. The van der Waals surface area contributed by atoms with Gasteiger partial charge in [-0.3, -0.25) is 0 Å². The van der Waals surface area contributed by atoms with Crippen LogP contribution in [0.15, 0.2) is 60.0 Å². The van der Waals surface area contributed by atoms with Crippen molar-refractivity contribution in [3.05, 3.63) is 62.1 Å². The normalized spacial score (nSPS) is 12.8. The molecule has 1 atom stereocenters. The van der Waals surface area contributed by atoms with Crippen LogP contribution in [-0.4, -0.2) is 13.7 Å². The Kier molecular flexibility index (Phi) is 6.73. The number of allylic oxidation sites excluding steroid dienone is 2. The molecule has 0 aliphatic heterocycles. The smallest absolute Gasteiger partial charge is 0.181 e. The number of benzene rings is 1. The van der Waals surface area contributed by atoms with Gasteiger partial charge in [-0.05, 0) is 51.2 Å². The molecule has 0 fully saturated rings. The summed E-state index contributed by atoms with van der Waals surface area (Å²) in [5.74, 6) is 0. The summed E-state index contributed by atoms with van der Waals surface area (Å²) in [5, 5.41) is -0.874. The van der Waals surface area contributed by atoms with Gasteiger partial charge in [0.15, 0.2) is 9.84 Å². The molecule has 0 heterocycles. The molecule has 0 aliphatic rings. The molecule has 20 heavy (non-hydrogen) atoms. The minimum Gasteiger partial charge on any atom is -0.223 e. The first kappa shape index (κ1) is 16.7. The highest BCUT2D eigenvalue weighted by Crippen LogP contribution is 2.21. The lowest BCUT2D eigenvalue weighted by atomic mass is 10.0. The molecule has 1 unspecified atom stereocenters. The van der Waals surface area contributed by atoms with Crippen LogP contribution < -0.4 is 0 Å². The van der Waals surface area contributed by atoms with Gasteiger partial charge in [-0.1, -0.05) is 36.4 Å². The third kappa shape index (κ3) is 4.97. The topological polar surface area (TPSA) is 34.1 Å². The second-order valence-corrected chi connectivity index (χ2v) is 7.03. The molecule has 108 valence electrons. The molecular weight excluding hydrogens is 268 g/mol. The first-order chi connectivity index (χ1) is 9.48. The van der Waals surface area contributed by atoms with Gasteiger partial charge in [-0.25, -0.2) is 8.42 Å². The van der Waals surface area contributed by atoms with Crippen molar-refractivity contribution in [2.75, 3.05) is 0 Å². The molecule has 3 heteroatoms. The van der Waals surface area contributed by atoms with E-state index in [1.807, 2.05) is 6.08 Å². The molecule has 1 aromatic carbocycles. The molecule has 0 spiro atoms. The van der Waals surface area contributed by atoms with Gasteiger partial charge in [0.25, 0.3) is 0 Å². The monoisotopic (exact) mass is 290 g/mol. The summed E-state index contributed by atoms with van der Waals surface area (Å²) in [6.07, 6.45) is 5.77. The highest BCUT2D eigenvalue weighted by molar-refractivity contribution is 7.92. The van der Waals surface area contributed by atoms with Crippen molar-refractivity contribution in [3.8, 4) is 0 Å². The van der Waals surface area contributed by atoms with Gasteiger partial charge in [0.2, 0.25) is 0 Å². The Balaban J connectivity index is 2.52. The van der Waals surface area contributed by atoms with E-state index in [-0.39, 0.29) is 4.90 Å². The number of hydrogen-bond acceptors (Lipinski definition) is 2. The maximum absolute atomic E-state index is 12.2. The molecular formula is C17H22O2S. The predicted octanol–water partition coefficient (Wildman–Crippen LogP) is 4.23. The highest BCUT2D eigenvalue weighted by atomic mass is 32.2. The fraction of sp³-hybridized carbons (Fsp3) is 0.353. The number of unbranched alkanes of at least 4 members (excludes halogenated alkanes) is 1. The lowest BCUT2D eigenvalue weighted by molar-refractivity contribution is 0.582. The number of hydrogen-bond donors (Lipinski definition) is 0. The fourth-order valence-electron chi connectivity index (χ4n) is 1.91. The van der Waals surface area contributed by atoms with E-state index in [1.54, 1.807) is 30.3 Å². The zero-order chi connectivity index (χ0) is 15.0. The van der Waals surface area contributed by atoms with Gasteiger partial charge in [0, 0.05) is 0 Å². The van der Waals surface area contributed by atoms with Crippen molar-refractivity contribution >= 4 is 9.84 Å². The Bertz CT molecular complexity index is 529. The Morgan fingerprint density at radius 1 is 1.25 bits per heavy atom. The minimum absolute atomic E-state index is 0.282. The lowest BCUT2D eigenvalue weighted by Crippen LogP contribution is -2.18. The lowest BCUT2D eigenvalue weighted by Gasteiger charge is -2.13. The standard InChI is InChI=1S/C17H22O2S/c1-4-5-7-10-15(2)13-14-16(3)20(18,19)17-11-8-6-9-12-17/h3-4,6,8-9,11-12,16H,1-2,5,7,10,13-14H2. The SMILES string of the molecule is [CH]C(CCC(=C)CCCC=C)S(=O)(=O)c1ccccc1. The van der Waals surface area contributed by atoms with Gasteiger partial charge in [-0.2, -0.15) is 0 Å². The minimum atomic E-state index is -3.44. The van der Waals surface area contributed by atoms with Crippen LogP contribution in [0.3, 0.4) is 0 Å². The van der Waals surface area contributed by atoms with Crippen molar-refractivity contribution in [2.24, 2.45) is 0 Å². The highest BCUT2D eigenvalue weighted by Gasteiger charge is 2.22. The van der Waals surface area contributed by atoms with Crippen LogP contribution in [0.5, 0.6) is 0 Å². The van der Waals surface area contributed by atoms with E-state index in [1.165, 1.54) is 0 Å². The summed E-state index contributed by atoms with van der Waals surface area (Å²) in [7, 11) is -3.44. The van der Waals surface area contributed by atoms with E-state index in [2.05, 4.69) is 13.2 Å². The second kappa shape index (κ2) is 8.05. The second-order valence-electron chi connectivity index (χ2n) is 4.87. The summed E-state index contributed by atoms with van der Waals surface area (Å²) in [5.41, 5.74) is 1.05. The largest absolute Gasteiger partial charge is 0.223 e. The fourth-order valence-corrected chi connectivity index (χ4v) is 3.22. The van der Waals surface area contributed by atoms with Crippen LogP contribution >= 0.6 is 0 Å². The quantitative estimate of drug-likeness (QED) is 0.504. The van der Waals surface area contributed by atoms with E-state index in [0.29, 0.717) is 12.8 Å². The van der Waals surface area contributed by atoms with Gasteiger partial charge in [-0.15, -0.1) is 6.58 Å². The van der Waals surface area contributed by atoms with Crippen LogP contribution in [0.1, 0.15) is 32.1 Å². The van der Waals surface area contributed by atoms with E-state index < -0.39 is 15.1 Å². The third-order valence-corrected chi connectivity index (χ3v) is 5.15. The van der Waals surface area contributed by atoms with Crippen LogP contribution in [0, 0.1) is 6.92 Å². The van der Waals surface area contributed by atoms with E-state index >= 15 is 0 Å². The van der Waals surface area contributed by atoms with Crippen molar-refractivity contribution in [3.63, 3.8) is 0 Å². The van der Waals surface area contributed by atoms with Crippen LogP contribution in [0.25, 0.3) is 0 Å². The van der Waals surface area contributed by atoms with Crippen LogP contribution in [-0.2, 0) is 9.84 Å². The van der Waals surface area contributed by atoms with E-state index in [4.69, 9.17) is 6.92 Å². The summed E-state index contributed by atoms with van der Waals surface area (Å²) < 4.78 is 24.5. The number of sulfone groups is 1. The summed E-state index contributed by atoms with van der Waals surface area (Å²) in [6, 6.07) is 8.34. The van der Waals surface area contributed by atoms with Gasteiger partial charge in [0.1, 0.15) is 0 Å². The molecule has 2 nitrogen and oxygen atoms in total. The third-order valence-electron chi connectivity index (χ3n) is 3.19. The maximum atomic E-state index is 12.2. The van der Waals surface area contributed by atoms with E-state index in [0.717, 1.165) is 24.8 Å². The first-order valence-electron chi connectivity index (χ1n) is 6.80. The maximum Gasteiger partial charge on any atom is 0.181 e. The van der Waals surface area contributed by atoms with Crippen LogP contribution in [0.2, 0.25) is 0 Å². The first-order valence-corrected chi connectivity index (χ1v) is 8.35. The van der Waals surface area contributed by atoms with Crippen molar-refractivity contribution in [1.29, 1.82) is 0 Å². The molecule has 0 bridgehead atoms. The molecule has 0 saturated heterocycles. The molecule has 0 aromatic heterocycles. The molecule has 0 N–H and O–H groups in total. The summed E-state index contributed by atoms with van der Waals surface area (Å²) in [4.78, 5) is 0.282. The Labute approximate surface area is 123 Å². The molecule has 0 amide bonds.